The molecule has 0 spiro atoms. The Hall–Kier alpha value is -1.75. The van der Waals surface area contributed by atoms with Crippen molar-refractivity contribution in [3.8, 4) is 18.1 Å². The van der Waals surface area contributed by atoms with E-state index in [2.05, 4.69) is 24.1 Å². The highest BCUT2D eigenvalue weighted by atomic mass is 16.5. The summed E-state index contributed by atoms with van der Waals surface area (Å²) in [6.07, 6.45) is 11.7. The molecule has 4 rings (SSSR count). The zero-order valence-corrected chi connectivity index (χ0v) is 13.1. The van der Waals surface area contributed by atoms with Gasteiger partial charge in [0.1, 0.15) is 5.75 Å². The van der Waals surface area contributed by atoms with Gasteiger partial charge in [0, 0.05) is 6.42 Å². The van der Waals surface area contributed by atoms with Crippen molar-refractivity contribution >= 4 is 5.78 Å². The summed E-state index contributed by atoms with van der Waals surface area (Å²) in [7, 11) is 1.72. The molecule has 3 aliphatic rings. The minimum atomic E-state index is -0.439. The van der Waals surface area contributed by atoms with Gasteiger partial charge in [0.2, 0.25) is 0 Å². The van der Waals surface area contributed by atoms with Crippen molar-refractivity contribution in [2.45, 2.75) is 44.4 Å². The van der Waals surface area contributed by atoms with Gasteiger partial charge in [-0.25, -0.2) is 0 Å². The summed E-state index contributed by atoms with van der Waals surface area (Å²) in [6.45, 7) is 0. The van der Waals surface area contributed by atoms with Crippen LogP contribution in [0, 0.1) is 29.6 Å². The minimum absolute atomic E-state index is 0.332. The number of carbonyl (C=O) groups excluding carboxylic acids is 1. The summed E-state index contributed by atoms with van der Waals surface area (Å²) in [4.78, 5) is 12.4. The molecule has 0 radical (unpaired) electrons. The second-order valence-electron chi connectivity index (χ2n) is 7.10. The van der Waals surface area contributed by atoms with E-state index >= 15 is 0 Å². The Morgan fingerprint density at radius 3 is 2.91 bits per heavy atom. The first-order chi connectivity index (χ1) is 10.7. The Morgan fingerprint density at radius 1 is 1.27 bits per heavy atom. The number of aryl methyl sites for hydroxylation is 1. The van der Waals surface area contributed by atoms with Gasteiger partial charge in [-0.1, -0.05) is 12.0 Å². The van der Waals surface area contributed by atoms with Gasteiger partial charge in [-0.15, -0.1) is 6.42 Å². The summed E-state index contributed by atoms with van der Waals surface area (Å²) in [5.41, 5.74) is 2.46. The molecular formula is C20H22O2. The second-order valence-corrected chi connectivity index (χ2v) is 7.10. The molecule has 0 aliphatic heterocycles. The van der Waals surface area contributed by atoms with Gasteiger partial charge in [0.15, 0.2) is 5.78 Å². The zero-order valence-electron chi connectivity index (χ0n) is 13.1. The van der Waals surface area contributed by atoms with Crippen LogP contribution >= 0.6 is 0 Å². The number of ketones is 1. The van der Waals surface area contributed by atoms with Crippen LogP contribution in [-0.2, 0) is 11.2 Å². The minimum Gasteiger partial charge on any atom is -0.497 e. The Morgan fingerprint density at radius 2 is 2.14 bits per heavy atom. The summed E-state index contributed by atoms with van der Waals surface area (Å²) in [6, 6.07) is 6.50. The van der Waals surface area contributed by atoms with Crippen LogP contribution in [0.4, 0.5) is 0 Å². The lowest BCUT2D eigenvalue weighted by Crippen LogP contribution is -2.43. The lowest BCUT2D eigenvalue weighted by Gasteiger charge is -2.47. The number of Topliss-reactive ketones (excluding diaryl/α,β-unsaturated/α-hetero) is 1. The molecule has 114 valence electrons. The number of carbonyl (C=O) groups is 1. The molecule has 1 unspecified atom stereocenters. The van der Waals surface area contributed by atoms with Gasteiger partial charge < -0.3 is 4.74 Å². The molecule has 0 heterocycles. The number of hydrogen-bond acceptors (Lipinski definition) is 2. The molecule has 2 fully saturated rings. The number of terminal acetylenes is 1. The van der Waals surface area contributed by atoms with Gasteiger partial charge in [-0.3, -0.25) is 4.79 Å². The van der Waals surface area contributed by atoms with Crippen molar-refractivity contribution in [2.75, 3.05) is 7.11 Å². The summed E-state index contributed by atoms with van der Waals surface area (Å²) in [5, 5.41) is 0. The van der Waals surface area contributed by atoms with E-state index in [4.69, 9.17) is 11.2 Å². The molecule has 0 aromatic heterocycles. The van der Waals surface area contributed by atoms with E-state index in [-0.39, 0.29) is 0 Å². The van der Waals surface area contributed by atoms with Crippen molar-refractivity contribution in [3.05, 3.63) is 29.3 Å². The van der Waals surface area contributed by atoms with Crippen LogP contribution in [0.15, 0.2) is 18.2 Å². The maximum absolute atomic E-state index is 12.4. The third-order valence-electron chi connectivity index (χ3n) is 6.45. The zero-order chi connectivity index (χ0) is 15.3. The Balaban J connectivity index is 1.72. The highest BCUT2D eigenvalue weighted by Gasteiger charge is 2.56. The van der Waals surface area contributed by atoms with E-state index in [0.29, 0.717) is 30.0 Å². The number of methoxy groups -OCH3 is 1. The Labute approximate surface area is 132 Å². The molecule has 0 amide bonds. The van der Waals surface area contributed by atoms with E-state index in [1.165, 1.54) is 11.1 Å². The SMILES string of the molecule is C#CC12CC[C@@H]3c4ccc(OC)cc4CC[C@H]3[C@@H]1CCC2=O. The monoisotopic (exact) mass is 294 g/mol. The van der Waals surface area contributed by atoms with Gasteiger partial charge in [-0.05, 0) is 73.1 Å². The quantitative estimate of drug-likeness (QED) is 0.738. The van der Waals surface area contributed by atoms with Crippen LogP contribution < -0.4 is 4.74 Å². The van der Waals surface area contributed by atoms with Gasteiger partial charge in [0.05, 0.1) is 12.5 Å². The van der Waals surface area contributed by atoms with Crippen LogP contribution in [0.3, 0.4) is 0 Å². The predicted octanol–water partition coefficient (Wildman–Crippen LogP) is 3.73. The summed E-state index contributed by atoms with van der Waals surface area (Å²) in [5.74, 6) is 5.77. The van der Waals surface area contributed by atoms with Crippen LogP contribution in [0.25, 0.3) is 0 Å². The molecule has 2 nitrogen and oxygen atoms in total. The Bertz CT molecular complexity index is 669. The molecule has 0 saturated heterocycles. The molecule has 0 N–H and O–H groups in total. The fourth-order valence-corrected chi connectivity index (χ4v) is 5.40. The largest absolute Gasteiger partial charge is 0.497 e. The topological polar surface area (TPSA) is 26.3 Å². The Kier molecular flexibility index (Phi) is 3.08. The first kappa shape index (κ1) is 13.9. The van der Waals surface area contributed by atoms with E-state index < -0.39 is 5.41 Å². The third-order valence-corrected chi connectivity index (χ3v) is 6.45. The molecule has 4 atom stereocenters. The van der Waals surface area contributed by atoms with Crippen molar-refractivity contribution in [2.24, 2.45) is 17.3 Å². The van der Waals surface area contributed by atoms with Crippen LogP contribution in [0.2, 0.25) is 0 Å². The van der Waals surface area contributed by atoms with Crippen LogP contribution in [-0.4, -0.2) is 12.9 Å². The molecule has 3 aliphatic carbocycles. The van der Waals surface area contributed by atoms with Gasteiger partial charge in [0.25, 0.3) is 0 Å². The van der Waals surface area contributed by atoms with Crippen molar-refractivity contribution in [1.82, 2.24) is 0 Å². The molecule has 2 saturated carbocycles. The third kappa shape index (κ3) is 1.72. The first-order valence-electron chi connectivity index (χ1n) is 8.37. The molecular weight excluding hydrogens is 272 g/mol. The molecule has 1 aromatic carbocycles. The average Bonchev–Trinajstić information content (AvgIpc) is 2.91. The fraction of sp³-hybridized carbons (Fsp3) is 0.550. The van der Waals surface area contributed by atoms with Gasteiger partial charge in [-0.2, -0.15) is 0 Å². The molecule has 22 heavy (non-hydrogen) atoms. The molecule has 2 heteroatoms. The average molecular weight is 294 g/mol. The number of benzene rings is 1. The van der Waals surface area contributed by atoms with Crippen molar-refractivity contribution in [3.63, 3.8) is 0 Å². The van der Waals surface area contributed by atoms with Crippen molar-refractivity contribution in [1.29, 1.82) is 0 Å². The van der Waals surface area contributed by atoms with Crippen LogP contribution in [0.1, 0.15) is 49.1 Å². The van der Waals surface area contributed by atoms with E-state index in [0.717, 1.165) is 37.9 Å². The standard InChI is InChI=1S/C20H22O2/c1-3-20-11-10-16-15-7-5-14(22-2)12-13(15)4-6-17(16)18(20)8-9-19(20)21/h1,5,7,12,16-18H,4,6,8-11H2,2H3/t16-,17-,18+,20?/m1/s1. The van der Waals surface area contributed by atoms with E-state index in [9.17, 15) is 4.79 Å². The summed E-state index contributed by atoms with van der Waals surface area (Å²) < 4.78 is 5.36. The van der Waals surface area contributed by atoms with Crippen LogP contribution in [0.5, 0.6) is 5.75 Å². The van der Waals surface area contributed by atoms with Gasteiger partial charge >= 0.3 is 0 Å². The number of hydrogen-bond donors (Lipinski definition) is 0. The normalized spacial score (nSPS) is 36.0. The number of fused-ring (bicyclic) bond motifs is 5. The lowest BCUT2D eigenvalue weighted by atomic mass is 9.55. The number of rotatable bonds is 1. The maximum atomic E-state index is 12.4. The second kappa shape index (κ2) is 4.88. The lowest BCUT2D eigenvalue weighted by molar-refractivity contribution is -0.126. The predicted molar refractivity (Wildman–Crippen MR) is 85.8 cm³/mol. The smallest absolute Gasteiger partial charge is 0.151 e. The van der Waals surface area contributed by atoms with E-state index in [1.54, 1.807) is 7.11 Å². The molecule has 0 bridgehead atoms. The fourth-order valence-electron chi connectivity index (χ4n) is 5.40. The highest BCUT2D eigenvalue weighted by Crippen LogP contribution is 2.59. The first-order valence-corrected chi connectivity index (χ1v) is 8.37. The van der Waals surface area contributed by atoms with Crippen molar-refractivity contribution < 1.29 is 9.53 Å². The van der Waals surface area contributed by atoms with E-state index in [1.807, 2.05) is 0 Å². The summed E-state index contributed by atoms with van der Waals surface area (Å²) >= 11 is 0. The highest BCUT2D eigenvalue weighted by molar-refractivity contribution is 5.90. The molecule has 1 aromatic rings. The number of ether oxygens (including phenoxy) is 1. The maximum Gasteiger partial charge on any atom is 0.151 e.